The third-order valence-corrected chi connectivity index (χ3v) is 3.29. The number of amides is 1. The quantitative estimate of drug-likeness (QED) is 0.762. The van der Waals surface area contributed by atoms with Crippen LogP contribution in [0.2, 0.25) is 0 Å². The number of benzene rings is 1. The maximum atomic E-state index is 11.3. The van der Waals surface area contributed by atoms with E-state index in [0.717, 1.165) is 11.1 Å². The van der Waals surface area contributed by atoms with Crippen LogP contribution in [0.3, 0.4) is 0 Å². The van der Waals surface area contributed by atoms with Gasteiger partial charge in [0, 0.05) is 0 Å². The first-order valence-corrected chi connectivity index (χ1v) is 5.87. The van der Waals surface area contributed by atoms with Crippen molar-refractivity contribution in [2.75, 3.05) is 0 Å². The first-order chi connectivity index (χ1) is 8.34. The van der Waals surface area contributed by atoms with Gasteiger partial charge in [0.1, 0.15) is 0 Å². The number of nitriles is 1. The predicted molar refractivity (Wildman–Crippen MR) is 66.9 cm³/mol. The average molecular weight is 244 g/mol. The van der Waals surface area contributed by atoms with Gasteiger partial charge in [0.25, 0.3) is 0 Å². The van der Waals surface area contributed by atoms with Gasteiger partial charge in [0.2, 0.25) is 0 Å². The summed E-state index contributed by atoms with van der Waals surface area (Å²) in [7, 11) is 0. The Bertz CT molecular complexity index is 538. The van der Waals surface area contributed by atoms with E-state index < -0.39 is 6.09 Å². The van der Waals surface area contributed by atoms with E-state index in [2.05, 4.69) is 6.07 Å². The molecule has 1 aromatic carbocycles. The zero-order valence-corrected chi connectivity index (χ0v) is 10.8. The lowest BCUT2D eigenvalue weighted by molar-refractivity contribution is 0.0900. The third-order valence-electron chi connectivity index (χ3n) is 3.29. The molecule has 1 unspecified atom stereocenters. The topological polar surface area (TPSA) is 64.3 Å². The molecule has 0 radical (unpaired) electrons. The standard InChI is InChI=1S/C14H16N2O2/c1-14(2,3)12-11-5-4-9(7-15)6-10(11)8-16(12)13(17)18/h4-6,12H,8H2,1-3H3,(H,17,18). The molecule has 0 aliphatic carbocycles. The number of hydrogen-bond donors (Lipinski definition) is 1. The molecule has 0 aromatic heterocycles. The fraction of sp³-hybridized carbons (Fsp3) is 0.429. The summed E-state index contributed by atoms with van der Waals surface area (Å²) in [6.45, 7) is 6.45. The Balaban J connectivity index is 2.52. The molecular weight excluding hydrogens is 228 g/mol. The second-order valence-electron chi connectivity index (χ2n) is 5.70. The van der Waals surface area contributed by atoms with Crippen molar-refractivity contribution < 1.29 is 9.90 Å². The summed E-state index contributed by atoms with van der Waals surface area (Å²) >= 11 is 0. The van der Waals surface area contributed by atoms with E-state index >= 15 is 0 Å². The molecule has 0 bridgehead atoms. The van der Waals surface area contributed by atoms with Crippen molar-refractivity contribution in [3.8, 4) is 6.07 Å². The van der Waals surface area contributed by atoms with Crippen molar-refractivity contribution in [3.05, 3.63) is 34.9 Å². The lowest BCUT2D eigenvalue weighted by Gasteiger charge is -2.33. The number of nitrogens with zero attached hydrogens (tertiary/aromatic N) is 2. The molecule has 1 heterocycles. The number of hydrogen-bond acceptors (Lipinski definition) is 2. The maximum absolute atomic E-state index is 11.3. The van der Waals surface area contributed by atoms with Crippen LogP contribution in [0.25, 0.3) is 0 Å². The van der Waals surface area contributed by atoms with E-state index in [1.165, 1.54) is 4.90 Å². The fourth-order valence-electron chi connectivity index (χ4n) is 2.63. The van der Waals surface area contributed by atoms with Gasteiger partial charge >= 0.3 is 6.09 Å². The van der Waals surface area contributed by atoms with Crippen LogP contribution in [0.5, 0.6) is 0 Å². The van der Waals surface area contributed by atoms with Crippen molar-refractivity contribution in [2.45, 2.75) is 33.4 Å². The maximum Gasteiger partial charge on any atom is 0.408 e. The summed E-state index contributed by atoms with van der Waals surface area (Å²) in [5, 5.41) is 18.2. The molecule has 1 atom stereocenters. The van der Waals surface area contributed by atoms with Crippen LogP contribution in [0.15, 0.2) is 18.2 Å². The molecule has 1 amide bonds. The van der Waals surface area contributed by atoms with Gasteiger partial charge in [0.15, 0.2) is 0 Å². The van der Waals surface area contributed by atoms with E-state index in [1.54, 1.807) is 12.1 Å². The lowest BCUT2D eigenvalue weighted by atomic mass is 9.82. The molecule has 2 rings (SSSR count). The molecule has 1 aromatic rings. The summed E-state index contributed by atoms with van der Waals surface area (Å²) in [5.74, 6) is 0. The molecule has 4 nitrogen and oxygen atoms in total. The summed E-state index contributed by atoms with van der Waals surface area (Å²) in [6, 6.07) is 7.36. The SMILES string of the molecule is CC(C)(C)C1c2ccc(C#N)cc2CN1C(=O)O. The van der Waals surface area contributed by atoms with Crippen LogP contribution in [0.4, 0.5) is 4.79 Å². The zero-order valence-electron chi connectivity index (χ0n) is 10.8. The Morgan fingerprint density at radius 1 is 1.50 bits per heavy atom. The number of carbonyl (C=O) groups is 1. The Morgan fingerprint density at radius 3 is 2.67 bits per heavy atom. The first kappa shape index (κ1) is 12.4. The largest absolute Gasteiger partial charge is 0.465 e. The number of rotatable bonds is 0. The highest BCUT2D eigenvalue weighted by Crippen LogP contribution is 2.45. The van der Waals surface area contributed by atoms with Gasteiger partial charge < -0.3 is 5.11 Å². The highest BCUT2D eigenvalue weighted by atomic mass is 16.4. The van der Waals surface area contributed by atoms with Crippen molar-refractivity contribution >= 4 is 6.09 Å². The van der Waals surface area contributed by atoms with E-state index in [1.807, 2.05) is 26.8 Å². The van der Waals surface area contributed by atoms with Crippen LogP contribution >= 0.6 is 0 Å². The summed E-state index contributed by atoms with van der Waals surface area (Å²) in [4.78, 5) is 12.8. The van der Waals surface area contributed by atoms with E-state index in [-0.39, 0.29) is 11.5 Å². The number of fused-ring (bicyclic) bond motifs is 1. The van der Waals surface area contributed by atoms with Crippen LogP contribution in [-0.2, 0) is 6.54 Å². The second-order valence-corrected chi connectivity index (χ2v) is 5.70. The minimum absolute atomic E-state index is 0.155. The molecule has 1 N–H and O–H groups in total. The smallest absolute Gasteiger partial charge is 0.408 e. The van der Waals surface area contributed by atoms with Gasteiger partial charge in [-0.1, -0.05) is 26.8 Å². The van der Waals surface area contributed by atoms with Gasteiger partial charge in [-0.3, -0.25) is 4.90 Å². The molecule has 1 aliphatic heterocycles. The second kappa shape index (κ2) is 4.02. The Labute approximate surface area is 106 Å². The molecule has 0 saturated heterocycles. The van der Waals surface area contributed by atoms with Crippen LogP contribution in [0.1, 0.15) is 43.5 Å². The van der Waals surface area contributed by atoms with Crippen molar-refractivity contribution in [1.29, 1.82) is 5.26 Å². The van der Waals surface area contributed by atoms with Gasteiger partial charge in [-0.25, -0.2) is 4.79 Å². The molecule has 0 saturated carbocycles. The zero-order chi connectivity index (χ0) is 13.5. The summed E-state index contributed by atoms with van der Waals surface area (Å²) in [6.07, 6.45) is -0.912. The van der Waals surface area contributed by atoms with Gasteiger partial charge in [-0.05, 0) is 28.7 Å². The molecule has 0 spiro atoms. The summed E-state index contributed by atoms with van der Waals surface area (Å²) in [5.41, 5.74) is 2.37. The van der Waals surface area contributed by atoms with Crippen molar-refractivity contribution in [3.63, 3.8) is 0 Å². The number of carboxylic acid groups (broad SMARTS) is 1. The highest BCUT2D eigenvalue weighted by Gasteiger charge is 2.40. The van der Waals surface area contributed by atoms with Crippen molar-refractivity contribution in [1.82, 2.24) is 4.90 Å². The predicted octanol–water partition coefficient (Wildman–Crippen LogP) is 3.14. The minimum atomic E-state index is -0.912. The molecule has 1 aliphatic rings. The molecule has 18 heavy (non-hydrogen) atoms. The molecule has 0 fully saturated rings. The minimum Gasteiger partial charge on any atom is -0.465 e. The summed E-state index contributed by atoms with van der Waals surface area (Å²) < 4.78 is 0. The van der Waals surface area contributed by atoms with Crippen LogP contribution < -0.4 is 0 Å². The van der Waals surface area contributed by atoms with E-state index in [0.29, 0.717) is 12.1 Å². The van der Waals surface area contributed by atoms with Crippen LogP contribution in [-0.4, -0.2) is 16.1 Å². The Hall–Kier alpha value is -2.02. The Kier molecular flexibility index (Phi) is 2.78. The first-order valence-electron chi connectivity index (χ1n) is 5.87. The van der Waals surface area contributed by atoms with E-state index in [4.69, 9.17) is 5.26 Å². The molecule has 94 valence electrons. The normalized spacial score (nSPS) is 18.3. The fourth-order valence-corrected chi connectivity index (χ4v) is 2.63. The molecular formula is C14H16N2O2. The lowest BCUT2D eigenvalue weighted by Crippen LogP contribution is -2.35. The monoisotopic (exact) mass is 244 g/mol. The molecule has 4 heteroatoms. The Morgan fingerprint density at radius 2 is 2.17 bits per heavy atom. The average Bonchev–Trinajstić information content (AvgIpc) is 2.66. The van der Waals surface area contributed by atoms with Crippen molar-refractivity contribution in [2.24, 2.45) is 5.41 Å². The highest BCUT2D eigenvalue weighted by molar-refractivity contribution is 5.68. The van der Waals surface area contributed by atoms with Gasteiger partial charge in [-0.15, -0.1) is 0 Å². The van der Waals surface area contributed by atoms with E-state index in [9.17, 15) is 9.90 Å². The van der Waals surface area contributed by atoms with Gasteiger partial charge in [-0.2, -0.15) is 5.26 Å². The van der Waals surface area contributed by atoms with Gasteiger partial charge in [0.05, 0.1) is 24.2 Å². The van der Waals surface area contributed by atoms with Crippen LogP contribution in [0, 0.1) is 16.7 Å². The third kappa shape index (κ3) is 1.92.